The SMILES string of the molecule is N#Cc1ccc(-c2cccc(-c3nc(-c4ccc5cc(-c6ccccc6)ccc5c4)nc(-c4cc(-c5ccccc5)ccc4-c4ccccc4)n3)c2)cc1. The first-order chi connectivity index (χ1) is 26.7. The lowest BCUT2D eigenvalue weighted by Crippen LogP contribution is -2.01. The van der Waals surface area contributed by atoms with Gasteiger partial charge in [0.15, 0.2) is 17.5 Å². The van der Waals surface area contributed by atoms with Crippen LogP contribution in [0.4, 0.5) is 0 Å². The summed E-state index contributed by atoms with van der Waals surface area (Å²) in [6, 6.07) is 68.8. The number of fused-ring (bicyclic) bond motifs is 1. The molecule has 0 aliphatic rings. The molecule has 9 aromatic rings. The second-order valence-corrected chi connectivity index (χ2v) is 13.2. The van der Waals surface area contributed by atoms with Gasteiger partial charge in [-0.15, -0.1) is 0 Å². The number of rotatable bonds is 7. The van der Waals surface area contributed by atoms with Gasteiger partial charge in [0.1, 0.15) is 0 Å². The third kappa shape index (κ3) is 6.54. The van der Waals surface area contributed by atoms with Gasteiger partial charge < -0.3 is 0 Å². The molecular formula is C50H32N4. The van der Waals surface area contributed by atoms with Crippen molar-refractivity contribution >= 4 is 10.8 Å². The molecule has 8 aromatic carbocycles. The van der Waals surface area contributed by atoms with E-state index in [0.29, 0.717) is 23.0 Å². The van der Waals surface area contributed by atoms with E-state index in [1.807, 2.05) is 54.6 Å². The van der Waals surface area contributed by atoms with Crippen molar-refractivity contribution in [3.05, 3.63) is 200 Å². The van der Waals surface area contributed by atoms with Crippen LogP contribution in [0.3, 0.4) is 0 Å². The molecule has 0 N–H and O–H groups in total. The minimum atomic E-state index is 0.578. The van der Waals surface area contributed by atoms with Gasteiger partial charge in [0, 0.05) is 16.7 Å². The van der Waals surface area contributed by atoms with Gasteiger partial charge in [0.2, 0.25) is 0 Å². The van der Waals surface area contributed by atoms with Crippen LogP contribution in [0, 0.1) is 11.3 Å². The molecule has 0 atom stereocenters. The second-order valence-electron chi connectivity index (χ2n) is 13.2. The first-order valence-electron chi connectivity index (χ1n) is 17.9. The van der Waals surface area contributed by atoms with E-state index in [9.17, 15) is 5.26 Å². The number of nitriles is 1. The molecule has 0 bridgehead atoms. The third-order valence-corrected chi connectivity index (χ3v) is 9.76. The van der Waals surface area contributed by atoms with E-state index in [-0.39, 0.29) is 0 Å². The highest BCUT2D eigenvalue weighted by Gasteiger charge is 2.18. The normalized spacial score (nSPS) is 10.9. The number of nitrogens with zero attached hydrogens (tertiary/aromatic N) is 4. The molecule has 252 valence electrons. The minimum Gasteiger partial charge on any atom is -0.208 e. The number of aromatic nitrogens is 3. The van der Waals surface area contributed by atoms with Crippen LogP contribution in [-0.2, 0) is 0 Å². The van der Waals surface area contributed by atoms with Crippen molar-refractivity contribution in [1.29, 1.82) is 5.26 Å². The monoisotopic (exact) mass is 688 g/mol. The smallest absolute Gasteiger partial charge is 0.164 e. The maximum atomic E-state index is 9.35. The molecule has 0 radical (unpaired) electrons. The zero-order chi connectivity index (χ0) is 36.3. The maximum Gasteiger partial charge on any atom is 0.164 e. The van der Waals surface area contributed by atoms with E-state index in [1.54, 1.807) is 0 Å². The van der Waals surface area contributed by atoms with E-state index in [4.69, 9.17) is 15.0 Å². The first-order valence-corrected chi connectivity index (χ1v) is 17.9. The van der Waals surface area contributed by atoms with Gasteiger partial charge in [0.25, 0.3) is 0 Å². The van der Waals surface area contributed by atoms with Crippen LogP contribution in [-0.4, -0.2) is 15.0 Å². The van der Waals surface area contributed by atoms with Crippen LogP contribution in [0.2, 0.25) is 0 Å². The van der Waals surface area contributed by atoms with Crippen LogP contribution in [0.5, 0.6) is 0 Å². The van der Waals surface area contributed by atoms with Gasteiger partial charge in [-0.3, -0.25) is 0 Å². The van der Waals surface area contributed by atoms with Crippen LogP contribution >= 0.6 is 0 Å². The highest BCUT2D eigenvalue weighted by atomic mass is 15.0. The molecule has 4 nitrogen and oxygen atoms in total. The molecular weight excluding hydrogens is 657 g/mol. The van der Waals surface area contributed by atoms with Gasteiger partial charge >= 0.3 is 0 Å². The lowest BCUT2D eigenvalue weighted by Gasteiger charge is -2.14. The molecule has 9 rings (SSSR count). The van der Waals surface area contributed by atoms with Gasteiger partial charge in [0.05, 0.1) is 11.6 Å². The van der Waals surface area contributed by atoms with E-state index >= 15 is 0 Å². The summed E-state index contributed by atoms with van der Waals surface area (Å²) >= 11 is 0. The molecule has 4 heteroatoms. The Morgan fingerprint density at radius 2 is 0.722 bits per heavy atom. The number of hydrogen-bond donors (Lipinski definition) is 0. The van der Waals surface area contributed by atoms with Crippen molar-refractivity contribution in [3.8, 4) is 84.7 Å². The maximum absolute atomic E-state index is 9.35. The molecule has 0 aliphatic heterocycles. The highest BCUT2D eigenvalue weighted by Crippen LogP contribution is 2.37. The Balaban J connectivity index is 1.23. The zero-order valence-electron chi connectivity index (χ0n) is 29.3. The van der Waals surface area contributed by atoms with Crippen molar-refractivity contribution in [1.82, 2.24) is 15.0 Å². The van der Waals surface area contributed by atoms with Gasteiger partial charge in [-0.25, -0.2) is 15.0 Å². The van der Waals surface area contributed by atoms with E-state index < -0.39 is 0 Å². The summed E-state index contributed by atoms with van der Waals surface area (Å²) in [5.74, 6) is 1.76. The fourth-order valence-corrected chi connectivity index (χ4v) is 6.93. The largest absolute Gasteiger partial charge is 0.208 e. The quantitative estimate of drug-likeness (QED) is 0.167. The summed E-state index contributed by atoms with van der Waals surface area (Å²) in [6.45, 7) is 0. The Morgan fingerprint density at radius 3 is 1.35 bits per heavy atom. The zero-order valence-corrected chi connectivity index (χ0v) is 29.3. The van der Waals surface area contributed by atoms with E-state index in [1.165, 1.54) is 11.1 Å². The lowest BCUT2D eigenvalue weighted by atomic mass is 9.94. The van der Waals surface area contributed by atoms with Crippen LogP contribution < -0.4 is 0 Å². The summed E-state index contributed by atoms with van der Waals surface area (Å²) in [4.78, 5) is 15.6. The van der Waals surface area contributed by atoms with Crippen molar-refractivity contribution < 1.29 is 0 Å². The van der Waals surface area contributed by atoms with Gasteiger partial charge in [-0.05, 0) is 91.7 Å². The fraction of sp³-hybridized carbons (Fsp3) is 0. The summed E-state index contributed by atoms with van der Waals surface area (Å²) < 4.78 is 0. The van der Waals surface area contributed by atoms with E-state index in [2.05, 4.69) is 146 Å². The predicted molar refractivity (Wildman–Crippen MR) is 220 cm³/mol. The Bertz CT molecular complexity index is 2810. The molecule has 0 amide bonds. The summed E-state index contributed by atoms with van der Waals surface area (Å²) in [7, 11) is 0. The highest BCUT2D eigenvalue weighted by molar-refractivity contribution is 5.91. The third-order valence-electron chi connectivity index (χ3n) is 9.76. The van der Waals surface area contributed by atoms with Crippen LogP contribution in [0.1, 0.15) is 5.56 Å². The molecule has 0 fully saturated rings. The standard InChI is InChI=1S/C50H32N4/c51-33-34-19-21-37(22-20-34)39-17-10-18-44(30-39)48-52-49(45-26-25-41-29-40(23-24-42(41)31-45)35-11-4-1-5-12-35)54-50(53-48)47-32-43(36-13-6-2-7-14-36)27-28-46(47)38-15-8-3-9-16-38/h1-32H. The predicted octanol–water partition coefficient (Wildman–Crippen LogP) is 12.6. The molecule has 0 unspecified atom stereocenters. The van der Waals surface area contributed by atoms with Crippen LogP contribution in [0.25, 0.3) is 89.4 Å². The lowest BCUT2D eigenvalue weighted by molar-refractivity contribution is 1.07. The second kappa shape index (κ2) is 14.3. The van der Waals surface area contributed by atoms with Crippen molar-refractivity contribution in [2.45, 2.75) is 0 Å². The topological polar surface area (TPSA) is 62.5 Å². The van der Waals surface area contributed by atoms with Crippen molar-refractivity contribution in [2.75, 3.05) is 0 Å². The Hall–Kier alpha value is -7.48. The molecule has 1 aromatic heterocycles. The van der Waals surface area contributed by atoms with Crippen LogP contribution in [0.15, 0.2) is 194 Å². The summed E-state index contributed by atoms with van der Waals surface area (Å²) in [5, 5.41) is 11.6. The summed E-state index contributed by atoms with van der Waals surface area (Å²) in [5.41, 5.74) is 12.0. The first kappa shape index (κ1) is 32.4. The fourth-order valence-electron chi connectivity index (χ4n) is 6.93. The number of benzene rings is 8. The van der Waals surface area contributed by atoms with Crippen molar-refractivity contribution in [2.24, 2.45) is 0 Å². The summed E-state index contributed by atoms with van der Waals surface area (Å²) in [6.07, 6.45) is 0. The average Bonchev–Trinajstić information content (AvgIpc) is 3.26. The Kier molecular flexibility index (Phi) is 8.57. The van der Waals surface area contributed by atoms with E-state index in [0.717, 1.165) is 60.8 Å². The average molecular weight is 689 g/mol. The van der Waals surface area contributed by atoms with Crippen molar-refractivity contribution in [3.63, 3.8) is 0 Å². The Labute approximate surface area is 314 Å². The molecule has 0 aliphatic carbocycles. The minimum absolute atomic E-state index is 0.578. The molecule has 0 saturated heterocycles. The molecule has 0 spiro atoms. The number of hydrogen-bond acceptors (Lipinski definition) is 4. The molecule has 1 heterocycles. The van der Waals surface area contributed by atoms with Gasteiger partial charge in [-0.2, -0.15) is 5.26 Å². The Morgan fingerprint density at radius 1 is 0.296 bits per heavy atom. The molecule has 54 heavy (non-hydrogen) atoms. The molecule has 0 saturated carbocycles. The van der Waals surface area contributed by atoms with Gasteiger partial charge in [-0.1, -0.05) is 158 Å².